The molecule has 0 saturated carbocycles. The summed E-state index contributed by atoms with van der Waals surface area (Å²) in [6, 6.07) is 17.6. The molecule has 0 aliphatic heterocycles. The SMILES string of the molecule is COc1cccc(NC(=O)COc2ccc(C(=O)Nn3c(C)ccc3C)cc2)c1. The minimum atomic E-state index is -0.293. The number of benzene rings is 2. The predicted molar refractivity (Wildman–Crippen MR) is 111 cm³/mol. The third-order valence-electron chi connectivity index (χ3n) is 4.32. The number of carbonyl (C=O) groups is 2. The summed E-state index contributed by atoms with van der Waals surface area (Å²) < 4.78 is 12.4. The first-order valence-electron chi connectivity index (χ1n) is 9.09. The van der Waals surface area contributed by atoms with E-state index in [0.29, 0.717) is 22.7 Å². The second-order valence-corrected chi connectivity index (χ2v) is 6.49. The molecule has 0 saturated heterocycles. The lowest BCUT2D eigenvalue weighted by molar-refractivity contribution is -0.118. The molecule has 29 heavy (non-hydrogen) atoms. The standard InChI is InChI=1S/C22H23N3O4/c1-15-7-8-16(2)25(15)24-22(27)17-9-11-19(12-10-17)29-14-21(26)23-18-5-4-6-20(13-18)28-3/h4-13H,14H2,1-3H3,(H,23,26)(H,24,27). The van der Waals surface area contributed by atoms with Crippen LogP contribution in [0.15, 0.2) is 60.7 Å². The maximum absolute atomic E-state index is 12.4. The fourth-order valence-electron chi connectivity index (χ4n) is 2.76. The first-order valence-corrected chi connectivity index (χ1v) is 9.09. The Kier molecular flexibility index (Phi) is 6.19. The molecule has 7 heteroatoms. The van der Waals surface area contributed by atoms with Crippen LogP contribution in [0.5, 0.6) is 11.5 Å². The van der Waals surface area contributed by atoms with Crippen molar-refractivity contribution < 1.29 is 19.1 Å². The molecule has 0 bridgehead atoms. The third-order valence-corrected chi connectivity index (χ3v) is 4.32. The van der Waals surface area contributed by atoms with Crippen molar-refractivity contribution >= 4 is 17.5 Å². The summed E-state index contributed by atoms with van der Waals surface area (Å²) >= 11 is 0. The van der Waals surface area contributed by atoms with Crippen LogP contribution in [0.2, 0.25) is 0 Å². The molecule has 2 N–H and O–H groups in total. The van der Waals surface area contributed by atoms with Crippen LogP contribution in [0.4, 0.5) is 5.69 Å². The van der Waals surface area contributed by atoms with Gasteiger partial charge < -0.3 is 14.8 Å². The molecule has 150 valence electrons. The van der Waals surface area contributed by atoms with Crippen LogP contribution in [0.1, 0.15) is 21.7 Å². The smallest absolute Gasteiger partial charge is 0.270 e. The molecular weight excluding hydrogens is 370 g/mol. The number of hydrogen-bond donors (Lipinski definition) is 2. The number of hydrogen-bond acceptors (Lipinski definition) is 4. The van der Waals surface area contributed by atoms with E-state index in [2.05, 4.69) is 10.7 Å². The second-order valence-electron chi connectivity index (χ2n) is 6.49. The van der Waals surface area contributed by atoms with E-state index in [1.807, 2.05) is 26.0 Å². The number of amides is 2. The number of methoxy groups -OCH3 is 1. The van der Waals surface area contributed by atoms with Crippen LogP contribution in [-0.4, -0.2) is 30.2 Å². The van der Waals surface area contributed by atoms with E-state index in [1.165, 1.54) is 0 Å². The van der Waals surface area contributed by atoms with E-state index in [1.54, 1.807) is 60.3 Å². The number of carbonyl (C=O) groups excluding carboxylic acids is 2. The van der Waals surface area contributed by atoms with Crippen molar-refractivity contribution in [3.63, 3.8) is 0 Å². The normalized spacial score (nSPS) is 10.3. The van der Waals surface area contributed by atoms with Crippen molar-refractivity contribution in [2.75, 3.05) is 24.5 Å². The van der Waals surface area contributed by atoms with Gasteiger partial charge in [0.2, 0.25) is 0 Å². The predicted octanol–water partition coefficient (Wildman–Crippen LogP) is 3.51. The van der Waals surface area contributed by atoms with Crippen LogP contribution in [0, 0.1) is 13.8 Å². The van der Waals surface area contributed by atoms with Crippen molar-refractivity contribution in [2.45, 2.75) is 13.8 Å². The maximum atomic E-state index is 12.4. The molecule has 7 nitrogen and oxygen atoms in total. The molecule has 0 aliphatic carbocycles. The number of aromatic nitrogens is 1. The Bertz CT molecular complexity index is 990. The Morgan fingerprint density at radius 2 is 1.62 bits per heavy atom. The van der Waals surface area contributed by atoms with Crippen molar-refractivity contribution in [1.29, 1.82) is 0 Å². The first kappa shape index (κ1) is 20.0. The van der Waals surface area contributed by atoms with Crippen molar-refractivity contribution in [2.24, 2.45) is 0 Å². The van der Waals surface area contributed by atoms with Crippen LogP contribution >= 0.6 is 0 Å². The minimum Gasteiger partial charge on any atom is -0.497 e. The van der Waals surface area contributed by atoms with Crippen molar-refractivity contribution in [3.8, 4) is 11.5 Å². The van der Waals surface area contributed by atoms with Crippen LogP contribution in [-0.2, 0) is 4.79 Å². The quantitative estimate of drug-likeness (QED) is 0.644. The van der Waals surface area contributed by atoms with Gasteiger partial charge in [0, 0.05) is 28.7 Å². The van der Waals surface area contributed by atoms with Gasteiger partial charge in [-0.25, -0.2) is 0 Å². The fraction of sp³-hybridized carbons (Fsp3) is 0.182. The Balaban J connectivity index is 1.53. The van der Waals surface area contributed by atoms with Gasteiger partial charge in [-0.1, -0.05) is 6.07 Å². The van der Waals surface area contributed by atoms with Crippen molar-refractivity contribution in [1.82, 2.24) is 4.68 Å². The number of ether oxygens (including phenoxy) is 2. The topological polar surface area (TPSA) is 81.6 Å². The molecule has 1 aromatic heterocycles. The molecular formula is C22H23N3O4. The molecule has 0 unspecified atom stereocenters. The van der Waals surface area contributed by atoms with E-state index in [0.717, 1.165) is 11.4 Å². The summed E-state index contributed by atoms with van der Waals surface area (Å²) in [5, 5.41) is 2.74. The zero-order valence-corrected chi connectivity index (χ0v) is 16.6. The Morgan fingerprint density at radius 1 is 0.931 bits per heavy atom. The first-order chi connectivity index (χ1) is 14.0. The summed E-state index contributed by atoms with van der Waals surface area (Å²) in [6.45, 7) is 3.69. The van der Waals surface area contributed by atoms with Gasteiger partial charge in [0.1, 0.15) is 11.5 Å². The summed E-state index contributed by atoms with van der Waals surface area (Å²) in [6.07, 6.45) is 0. The highest BCUT2D eigenvalue weighted by Crippen LogP contribution is 2.17. The zero-order chi connectivity index (χ0) is 20.8. The molecule has 3 aromatic rings. The molecule has 0 radical (unpaired) electrons. The summed E-state index contributed by atoms with van der Waals surface area (Å²) in [4.78, 5) is 24.5. The maximum Gasteiger partial charge on any atom is 0.270 e. The van der Waals surface area contributed by atoms with Crippen LogP contribution in [0.25, 0.3) is 0 Å². The summed E-state index contributed by atoms with van der Waals surface area (Å²) in [5.74, 6) is 0.631. The molecule has 2 amide bonds. The van der Waals surface area contributed by atoms with Gasteiger partial charge >= 0.3 is 0 Å². The van der Waals surface area contributed by atoms with Gasteiger partial charge in [-0.15, -0.1) is 0 Å². The Hall–Kier alpha value is -3.74. The Morgan fingerprint density at radius 3 is 2.28 bits per heavy atom. The number of nitrogens with zero attached hydrogens (tertiary/aromatic N) is 1. The largest absolute Gasteiger partial charge is 0.497 e. The second kappa shape index (κ2) is 8.97. The Labute approximate surface area is 169 Å². The van der Waals surface area contributed by atoms with E-state index >= 15 is 0 Å². The fourth-order valence-corrected chi connectivity index (χ4v) is 2.76. The van der Waals surface area contributed by atoms with Gasteiger partial charge in [-0.05, 0) is 62.4 Å². The molecule has 0 spiro atoms. The lowest BCUT2D eigenvalue weighted by atomic mass is 10.2. The number of aryl methyl sites for hydroxylation is 2. The van der Waals surface area contributed by atoms with E-state index in [4.69, 9.17) is 9.47 Å². The minimum absolute atomic E-state index is 0.148. The summed E-state index contributed by atoms with van der Waals surface area (Å²) in [5.41, 5.74) is 5.85. The van der Waals surface area contributed by atoms with E-state index in [9.17, 15) is 9.59 Å². The van der Waals surface area contributed by atoms with Crippen molar-refractivity contribution in [3.05, 3.63) is 77.6 Å². The van der Waals surface area contributed by atoms with Gasteiger partial charge in [0.25, 0.3) is 11.8 Å². The van der Waals surface area contributed by atoms with E-state index < -0.39 is 0 Å². The number of nitrogens with one attached hydrogen (secondary N) is 2. The molecule has 3 rings (SSSR count). The van der Waals surface area contributed by atoms with Crippen LogP contribution in [0.3, 0.4) is 0 Å². The average molecular weight is 393 g/mol. The highest BCUT2D eigenvalue weighted by atomic mass is 16.5. The lowest BCUT2D eigenvalue weighted by Gasteiger charge is -2.12. The van der Waals surface area contributed by atoms with Gasteiger partial charge in [0.05, 0.1) is 7.11 Å². The lowest BCUT2D eigenvalue weighted by Crippen LogP contribution is -2.24. The molecule has 1 heterocycles. The molecule has 0 atom stereocenters. The molecule has 2 aromatic carbocycles. The zero-order valence-electron chi connectivity index (χ0n) is 16.6. The van der Waals surface area contributed by atoms with Gasteiger partial charge in [-0.3, -0.25) is 19.7 Å². The highest BCUT2D eigenvalue weighted by Gasteiger charge is 2.10. The number of anilines is 1. The third kappa shape index (κ3) is 5.16. The molecule has 0 fully saturated rings. The van der Waals surface area contributed by atoms with Gasteiger partial charge in [-0.2, -0.15) is 0 Å². The average Bonchev–Trinajstić information content (AvgIpc) is 3.04. The van der Waals surface area contributed by atoms with Gasteiger partial charge in [0.15, 0.2) is 6.61 Å². The summed E-state index contributed by atoms with van der Waals surface area (Å²) in [7, 11) is 1.56. The number of rotatable bonds is 7. The molecule has 0 aliphatic rings. The monoisotopic (exact) mass is 393 g/mol. The van der Waals surface area contributed by atoms with Crippen LogP contribution < -0.4 is 20.2 Å². The highest BCUT2D eigenvalue weighted by molar-refractivity contribution is 6.00. The van der Waals surface area contributed by atoms with E-state index in [-0.39, 0.29) is 18.4 Å².